The number of rotatable bonds is 2. The number of nitrogens with two attached hydrogens (primary N) is 1. The van der Waals surface area contributed by atoms with Gasteiger partial charge >= 0.3 is 0 Å². The fourth-order valence-electron chi connectivity index (χ4n) is 1.01. The Labute approximate surface area is 99.0 Å². The Hall–Kier alpha value is -0.460. The summed E-state index contributed by atoms with van der Waals surface area (Å²) < 4.78 is 0. The van der Waals surface area contributed by atoms with E-state index >= 15 is 0 Å². The maximum Gasteiger partial charge on any atom is 0.0641 e. The molecule has 0 unspecified atom stereocenters. The maximum atomic E-state index is 8.44. The molecule has 1 aromatic rings. The van der Waals surface area contributed by atoms with Crippen molar-refractivity contribution in [2.24, 2.45) is 5.73 Å². The Morgan fingerprint density at radius 1 is 1.29 bits per heavy atom. The Balaban J connectivity index is 0.00000169. The summed E-state index contributed by atoms with van der Waals surface area (Å²) in [4.78, 5) is 0. The highest BCUT2D eigenvalue weighted by atomic mass is 35.5. The molecule has 0 heterocycles. The van der Waals surface area contributed by atoms with Gasteiger partial charge in [-0.15, -0.1) is 12.4 Å². The lowest BCUT2D eigenvalue weighted by Crippen LogP contribution is -2.08. The molecule has 14 heavy (non-hydrogen) atoms. The van der Waals surface area contributed by atoms with E-state index in [2.05, 4.69) is 0 Å². The van der Waals surface area contributed by atoms with Crippen molar-refractivity contribution in [3.63, 3.8) is 0 Å². The molecule has 5 heteroatoms. The van der Waals surface area contributed by atoms with Gasteiger partial charge in [0.2, 0.25) is 0 Å². The van der Waals surface area contributed by atoms with E-state index < -0.39 is 0 Å². The van der Waals surface area contributed by atoms with Crippen LogP contribution >= 0.6 is 35.6 Å². The van der Waals surface area contributed by atoms with E-state index in [0.717, 1.165) is 5.56 Å². The fourth-order valence-corrected chi connectivity index (χ4v) is 1.55. The monoisotopic (exact) mass is 250 g/mol. The first-order chi connectivity index (χ1) is 6.13. The molecule has 0 saturated heterocycles. The molecule has 0 amide bonds. The van der Waals surface area contributed by atoms with Crippen molar-refractivity contribution in [2.45, 2.75) is 12.5 Å². The van der Waals surface area contributed by atoms with E-state index in [0.29, 0.717) is 10.0 Å². The molecule has 2 nitrogen and oxygen atoms in total. The number of benzene rings is 1. The molecule has 76 valence electrons. The molecule has 0 fully saturated rings. The van der Waals surface area contributed by atoms with E-state index in [4.69, 9.17) is 34.2 Å². The number of nitrogens with zero attached hydrogens (tertiary/aromatic N) is 1. The number of hydrogen-bond donors (Lipinski definition) is 1. The molecule has 0 saturated carbocycles. The maximum absolute atomic E-state index is 8.44. The average molecular weight is 252 g/mol. The summed E-state index contributed by atoms with van der Waals surface area (Å²) in [6, 6.07) is 6.74. The minimum absolute atomic E-state index is 0. The third kappa shape index (κ3) is 3.73. The minimum Gasteiger partial charge on any atom is -0.323 e. The van der Waals surface area contributed by atoms with Crippen LogP contribution in [0.5, 0.6) is 0 Å². The molecular formula is C9H9Cl3N2. The first kappa shape index (κ1) is 13.5. The van der Waals surface area contributed by atoms with Crippen molar-refractivity contribution in [2.75, 3.05) is 0 Å². The van der Waals surface area contributed by atoms with Gasteiger partial charge in [0.25, 0.3) is 0 Å². The molecule has 0 aliphatic rings. The second kappa shape index (κ2) is 6.10. The quantitative estimate of drug-likeness (QED) is 0.876. The SMILES string of the molecule is Cl.N#CC[C@H](N)c1cc(Cl)cc(Cl)c1. The molecule has 0 spiro atoms. The predicted molar refractivity (Wildman–Crippen MR) is 60.9 cm³/mol. The number of halogens is 3. The number of nitriles is 1. The van der Waals surface area contributed by atoms with Crippen LogP contribution in [-0.2, 0) is 0 Å². The van der Waals surface area contributed by atoms with Gasteiger partial charge in [-0.05, 0) is 23.8 Å². The molecule has 0 aromatic heterocycles. The van der Waals surface area contributed by atoms with Crippen molar-refractivity contribution < 1.29 is 0 Å². The standard InChI is InChI=1S/C9H8Cl2N2.ClH/c10-7-3-6(4-8(11)5-7)9(13)1-2-12;/h3-5,9H,1,13H2;1H/t9-;/m0./s1. The Bertz CT molecular complexity index is 326. The lowest BCUT2D eigenvalue weighted by atomic mass is 10.1. The first-order valence-electron chi connectivity index (χ1n) is 3.72. The number of hydrogen-bond acceptors (Lipinski definition) is 2. The summed E-state index contributed by atoms with van der Waals surface area (Å²) in [5, 5.41) is 9.52. The van der Waals surface area contributed by atoms with Gasteiger partial charge in [0, 0.05) is 16.1 Å². The Morgan fingerprint density at radius 2 is 1.79 bits per heavy atom. The smallest absolute Gasteiger partial charge is 0.0641 e. The van der Waals surface area contributed by atoms with Crippen LogP contribution in [0.1, 0.15) is 18.0 Å². The molecule has 0 aliphatic carbocycles. The van der Waals surface area contributed by atoms with Crippen LogP contribution in [0, 0.1) is 11.3 Å². The van der Waals surface area contributed by atoms with Crippen LogP contribution in [-0.4, -0.2) is 0 Å². The molecule has 2 N–H and O–H groups in total. The van der Waals surface area contributed by atoms with Crippen LogP contribution in [0.25, 0.3) is 0 Å². The lowest BCUT2D eigenvalue weighted by Gasteiger charge is -2.08. The van der Waals surface area contributed by atoms with Gasteiger partial charge < -0.3 is 5.73 Å². The summed E-state index contributed by atoms with van der Waals surface area (Å²) in [7, 11) is 0. The van der Waals surface area contributed by atoms with Gasteiger partial charge in [-0.25, -0.2) is 0 Å². The normalized spacial score (nSPS) is 11.3. The van der Waals surface area contributed by atoms with Crippen molar-refractivity contribution in [1.29, 1.82) is 5.26 Å². The second-order valence-corrected chi connectivity index (χ2v) is 3.54. The first-order valence-corrected chi connectivity index (χ1v) is 4.47. The van der Waals surface area contributed by atoms with Gasteiger partial charge in [0.1, 0.15) is 0 Å². The van der Waals surface area contributed by atoms with E-state index in [1.165, 1.54) is 0 Å². The topological polar surface area (TPSA) is 49.8 Å². The van der Waals surface area contributed by atoms with Gasteiger partial charge in [-0.3, -0.25) is 0 Å². The third-order valence-corrected chi connectivity index (χ3v) is 2.06. The third-order valence-electron chi connectivity index (χ3n) is 1.62. The largest absolute Gasteiger partial charge is 0.323 e. The van der Waals surface area contributed by atoms with Crippen LogP contribution in [0.3, 0.4) is 0 Å². The highest BCUT2D eigenvalue weighted by molar-refractivity contribution is 6.34. The summed E-state index contributed by atoms with van der Waals surface area (Å²) in [5.41, 5.74) is 6.49. The van der Waals surface area contributed by atoms with E-state index in [-0.39, 0.29) is 24.9 Å². The van der Waals surface area contributed by atoms with Crippen molar-refractivity contribution in [3.05, 3.63) is 33.8 Å². The fraction of sp³-hybridized carbons (Fsp3) is 0.222. The van der Waals surface area contributed by atoms with Gasteiger partial charge in [-0.1, -0.05) is 23.2 Å². The van der Waals surface area contributed by atoms with E-state index in [9.17, 15) is 0 Å². The van der Waals surface area contributed by atoms with E-state index in [1.807, 2.05) is 6.07 Å². The van der Waals surface area contributed by atoms with Gasteiger partial charge in [-0.2, -0.15) is 5.26 Å². The Kier molecular flexibility index (Phi) is 5.90. The van der Waals surface area contributed by atoms with Gasteiger partial charge in [0.05, 0.1) is 12.5 Å². The van der Waals surface area contributed by atoms with Crippen molar-refractivity contribution in [1.82, 2.24) is 0 Å². The van der Waals surface area contributed by atoms with Crippen LogP contribution < -0.4 is 5.73 Å². The molecule has 1 rings (SSSR count). The zero-order chi connectivity index (χ0) is 9.84. The molecule has 1 aromatic carbocycles. The Morgan fingerprint density at radius 3 is 2.21 bits per heavy atom. The van der Waals surface area contributed by atoms with Gasteiger partial charge in [0.15, 0.2) is 0 Å². The summed E-state index contributed by atoms with van der Waals surface area (Å²) in [5.74, 6) is 0. The molecule has 0 bridgehead atoms. The summed E-state index contributed by atoms with van der Waals surface area (Å²) >= 11 is 11.5. The van der Waals surface area contributed by atoms with Crippen LogP contribution in [0.2, 0.25) is 10.0 Å². The molecule has 0 aliphatic heterocycles. The van der Waals surface area contributed by atoms with Crippen molar-refractivity contribution in [3.8, 4) is 6.07 Å². The lowest BCUT2D eigenvalue weighted by molar-refractivity contribution is 0.749. The average Bonchev–Trinajstić information content (AvgIpc) is 2.03. The summed E-state index contributed by atoms with van der Waals surface area (Å²) in [6.07, 6.45) is 0.261. The molecular weight excluding hydrogens is 242 g/mol. The zero-order valence-corrected chi connectivity index (χ0v) is 9.53. The van der Waals surface area contributed by atoms with Crippen molar-refractivity contribution >= 4 is 35.6 Å². The minimum atomic E-state index is -0.318. The highest BCUT2D eigenvalue weighted by Crippen LogP contribution is 2.23. The predicted octanol–water partition coefficient (Wildman–Crippen LogP) is 3.33. The summed E-state index contributed by atoms with van der Waals surface area (Å²) in [6.45, 7) is 0. The van der Waals surface area contributed by atoms with E-state index in [1.54, 1.807) is 18.2 Å². The zero-order valence-electron chi connectivity index (χ0n) is 7.21. The second-order valence-electron chi connectivity index (χ2n) is 2.67. The molecule has 0 radical (unpaired) electrons. The highest BCUT2D eigenvalue weighted by Gasteiger charge is 2.06. The molecule has 1 atom stereocenters. The van der Waals surface area contributed by atoms with Crippen LogP contribution in [0.4, 0.5) is 0 Å². The van der Waals surface area contributed by atoms with Crippen LogP contribution in [0.15, 0.2) is 18.2 Å².